The van der Waals surface area contributed by atoms with Gasteiger partial charge in [0.05, 0.1) is 33.6 Å². The number of nitrogens with one attached hydrogen (secondary N) is 1. The number of benzene rings is 1. The van der Waals surface area contributed by atoms with E-state index in [2.05, 4.69) is 45.3 Å². The lowest BCUT2D eigenvalue weighted by Crippen LogP contribution is -2.38. The summed E-state index contributed by atoms with van der Waals surface area (Å²) in [6, 6.07) is 10.4. The molecule has 3 heterocycles. The molecular formula is C25H26N4O3S. The highest BCUT2D eigenvalue weighted by molar-refractivity contribution is 7.17. The third-order valence-electron chi connectivity index (χ3n) is 6.41. The second kappa shape index (κ2) is 8.86. The van der Waals surface area contributed by atoms with Gasteiger partial charge in [0, 0.05) is 30.4 Å². The van der Waals surface area contributed by atoms with E-state index in [0.29, 0.717) is 37.8 Å². The average molecular weight is 463 g/mol. The van der Waals surface area contributed by atoms with Gasteiger partial charge < -0.3 is 15.0 Å². The summed E-state index contributed by atoms with van der Waals surface area (Å²) in [7, 11) is 0. The Bertz CT molecular complexity index is 1290. The molecule has 0 saturated heterocycles. The summed E-state index contributed by atoms with van der Waals surface area (Å²) < 4.78 is 5.06. The van der Waals surface area contributed by atoms with Crippen LogP contribution < -0.4 is 5.32 Å². The molecule has 4 aromatic rings. The summed E-state index contributed by atoms with van der Waals surface area (Å²) in [5, 5.41) is 18.6. The van der Waals surface area contributed by atoms with Crippen LogP contribution >= 0.6 is 11.3 Å². The van der Waals surface area contributed by atoms with Crippen molar-refractivity contribution in [1.29, 1.82) is 0 Å². The molecule has 2 N–H and O–H groups in total. The molecular weight excluding hydrogens is 436 g/mol. The van der Waals surface area contributed by atoms with Gasteiger partial charge in [0.2, 0.25) is 0 Å². The number of carboxylic acid groups (broad SMARTS) is 1. The third kappa shape index (κ3) is 4.43. The van der Waals surface area contributed by atoms with Crippen LogP contribution in [0.2, 0.25) is 0 Å². The van der Waals surface area contributed by atoms with Gasteiger partial charge in [-0.05, 0) is 61.9 Å². The Kier molecular flexibility index (Phi) is 5.76. The second-order valence-corrected chi connectivity index (χ2v) is 9.71. The number of carboxylic acids is 1. The number of hydrogen-bond acceptors (Lipinski definition) is 4. The summed E-state index contributed by atoms with van der Waals surface area (Å²) in [4.78, 5) is 24.2. The quantitative estimate of drug-likeness (QED) is 0.438. The minimum Gasteiger partial charge on any atom is -0.481 e. The number of fused-ring (bicyclic) bond motifs is 1. The zero-order valence-electron chi connectivity index (χ0n) is 18.4. The zero-order chi connectivity index (χ0) is 22.9. The Morgan fingerprint density at radius 2 is 1.91 bits per heavy atom. The number of carbonyl (C=O) groups is 2. The van der Waals surface area contributed by atoms with Crippen LogP contribution in [0.1, 0.15) is 47.2 Å². The molecule has 0 unspecified atom stereocenters. The monoisotopic (exact) mass is 462 g/mol. The first-order valence-electron chi connectivity index (χ1n) is 11.2. The van der Waals surface area contributed by atoms with Crippen molar-refractivity contribution < 1.29 is 14.7 Å². The molecule has 1 aliphatic carbocycles. The van der Waals surface area contributed by atoms with Gasteiger partial charge >= 0.3 is 5.97 Å². The SMILES string of the molecule is Cc1cnn(-c2ccc(Cn3ccc4scc(C(=O)NC5CCC(C(=O)O)CC5)c43)cc2)c1. The minimum atomic E-state index is -0.732. The first-order chi connectivity index (χ1) is 16.0. The van der Waals surface area contributed by atoms with Crippen LogP contribution in [0.25, 0.3) is 15.9 Å². The normalized spacial score (nSPS) is 18.5. The van der Waals surface area contributed by atoms with E-state index >= 15 is 0 Å². The summed E-state index contributed by atoms with van der Waals surface area (Å²) >= 11 is 1.57. The maximum atomic E-state index is 13.1. The largest absolute Gasteiger partial charge is 0.481 e. The highest BCUT2D eigenvalue weighted by Crippen LogP contribution is 2.29. The van der Waals surface area contributed by atoms with Crippen LogP contribution in [0.5, 0.6) is 0 Å². The Hall–Kier alpha value is -3.39. The smallest absolute Gasteiger partial charge is 0.306 e. The summed E-state index contributed by atoms with van der Waals surface area (Å²) in [6.07, 6.45) is 8.51. The number of aliphatic carboxylic acids is 1. The molecule has 5 rings (SSSR count). The molecule has 33 heavy (non-hydrogen) atoms. The fourth-order valence-corrected chi connectivity index (χ4v) is 5.50. The topological polar surface area (TPSA) is 89.2 Å². The first-order valence-corrected chi connectivity index (χ1v) is 12.1. The molecule has 0 atom stereocenters. The number of nitrogens with zero attached hydrogens (tertiary/aromatic N) is 3. The maximum absolute atomic E-state index is 13.1. The van der Waals surface area contributed by atoms with Crippen LogP contribution in [0.4, 0.5) is 0 Å². The molecule has 0 bridgehead atoms. The lowest BCUT2D eigenvalue weighted by molar-refractivity contribution is -0.142. The van der Waals surface area contributed by atoms with Crippen molar-refractivity contribution in [3.05, 3.63) is 71.0 Å². The number of carbonyl (C=O) groups excluding carboxylic acids is 1. The summed E-state index contributed by atoms with van der Waals surface area (Å²) in [5.41, 5.74) is 4.90. The average Bonchev–Trinajstić information content (AvgIpc) is 3.52. The highest BCUT2D eigenvalue weighted by Gasteiger charge is 2.27. The lowest BCUT2D eigenvalue weighted by atomic mass is 9.86. The predicted octanol–water partition coefficient (Wildman–Crippen LogP) is 4.62. The van der Waals surface area contributed by atoms with E-state index in [9.17, 15) is 14.7 Å². The molecule has 0 aliphatic heterocycles. The molecule has 3 aromatic heterocycles. The lowest BCUT2D eigenvalue weighted by Gasteiger charge is -2.26. The van der Waals surface area contributed by atoms with Crippen molar-refractivity contribution in [3.63, 3.8) is 0 Å². The molecule has 1 aliphatic rings. The fraction of sp³-hybridized carbons (Fsp3) is 0.320. The molecule has 1 amide bonds. The van der Waals surface area contributed by atoms with Gasteiger partial charge in [0.15, 0.2) is 0 Å². The minimum absolute atomic E-state index is 0.0324. The van der Waals surface area contributed by atoms with Gasteiger partial charge in [-0.25, -0.2) is 4.68 Å². The Balaban J connectivity index is 1.30. The second-order valence-electron chi connectivity index (χ2n) is 8.79. The molecule has 8 heteroatoms. The Morgan fingerprint density at radius 1 is 1.15 bits per heavy atom. The number of thiophene rings is 1. The maximum Gasteiger partial charge on any atom is 0.306 e. The number of aryl methyl sites for hydroxylation is 1. The number of amides is 1. The Morgan fingerprint density at radius 3 is 2.58 bits per heavy atom. The summed E-state index contributed by atoms with van der Waals surface area (Å²) in [6.45, 7) is 2.69. The highest BCUT2D eigenvalue weighted by atomic mass is 32.1. The number of hydrogen-bond donors (Lipinski definition) is 2. The van der Waals surface area contributed by atoms with E-state index in [1.165, 1.54) is 0 Å². The molecule has 1 fully saturated rings. The van der Waals surface area contributed by atoms with Gasteiger partial charge in [-0.15, -0.1) is 11.3 Å². The predicted molar refractivity (Wildman–Crippen MR) is 128 cm³/mol. The molecule has 0 spiro atoms. The van der Waals surface area contributed by atoms with Crippen molar-refractivity contribution in [2.75, 3.05) is 0 Å². The van der Waals surface area contributed by atoms with Crippen LogP contribution in [0.15, 0.2) is 54.3 Å². The third-order valence-corrected chi connectivity index (χ3v) is 7.34. The van der Waals surface area contributed by atoms with Crippen molar-refractivity contribution in [3.8, 4) is 5.69 Å². The van der Waals surface area contributed by atoms with Crippen molar-refractivity contribution in [2.45, 2.75) is 45.2 Å². The first kappa shape index (κ1) is 21.5. The van der Waals surface area contributed by atoms with Crippen molar-refractivity contribution >= 4 is 33.4 Å². The molecule has 7 nitrogen and oxygen atoms in total. The van der Waals surface area contributed by atoms with E-state index < -0.39 is 5.97 Å². The molecule has 1 aromatic carbocycles. The van der Waals surface area contributed by atoms with Gasteiger partial charge in [-0.3, -0.25) is 9.59 Å². The van der Waals surface area contributed by atoms with E-state index in [4.69, 9.17) is 0 Å². The standard InChI is InChI=1S/C25H26N4O3S/c1-16-12-26-29(13-16)20-8-2-17(3-9-20)14-28-11-10-22-23(28)21(15-33-22)24(30)27-19-6-4-18(5-7-19)25(31)32/h2-3,8-13,15,18-19H,4-7,14H2,1H3,(H,27,30)(H,31,32). The van der Waals surface area contributed by atoms with Crippen molar-refractivity contribution in [1.82, 2.24) is 19.7 Å². The zero-order valence-corrected chi connectivity index (χ0v) is 19.2. The van der Waals surface area contributed by atoms with Gasteiger partial charge in [0.25, 0.3) is 5.91 Å². The van der Waals surface area contributed by atoms with E-state index in [0.717, 1.165) is 27.0 Å². The van der Waals surface area contributed by atoms with Crippen LogP contribution in [0, 0.1) is 12.8 Å². The van der Waals surface area contributed by atoms with Crippen LogP contribution in [-0.4, -0.2) is 37.4 Å². The summed E-state index contributed by atoms with van der Waals surface area (Å²) in [5.74, 6) is -1.10. The number of rotatable bonds is 6. The van der Waals surface area contributed by atoms with Crippen molar-refractivity contribution in [2.24, 2.45) is 5.92 Å². The number of aromatic nitrogens is 3. The molecule has 170 valence electrons. The van der Waals surface area contributed by atoms with E-state index in [1.807, 2.05) is 35.6 Å². The molecule has 0 radical (unpaired) electrons. The van der Waals surface area contributed by atoms with Gasteiger partial charge in [0.1, 0.15) is 0 Å². The van der Waals surface area contributed by atoms with E-state index in [-0.39, 0.29) is 17.9 Å². The van der Waals surface area contributed by atoms with Gasteiger partial charge in [-0.2, -0.15) is 5.10 Å². The fourth-order valence-electron chi connectivity index (χ4n) is 4.56. The van der Waals surface area contributed by atoms with E-state index in [1.54, 1.807) is 11.3 Å². The van der Waals surface area contributed by atoms with Gasteiger partial charge in [-0.1, -0.05) is 12.1 Å². The van der Waals surface area contributed by atoms with Crippen LogP contribution in [0.3, 0.4) is 0 Å². The molecule has 1 saturated carbocycles. The van der Waals surface area contributed by atoms with Crippen LogP contribution in [-0.2, 0) is 11.3 Å². The Labute approximate surface area is 195 Å².